The SMILES string of the molecule is Cc1ccc2c(c1)C(Nc1cc(Br)c(F)cc1F)CC2. The number of benzene rings is 2. The zero-order valence-corrected chi connectivity index (χ0v) is 12.6. The first-order valence-electron chi connectivity index (χ1n) is 6.55. The first-order chi connectivity index (χ1) is 9.54. The monoisotopic (exact) mass is 337 g/mol. The maximum Gasteiger partial charge on any atom is 0.149 e. The Bertz CT molecular complexity index is 670. The molecule has 2 aromatic carbocycles. The summed E-state index contributed by atoms with van der Waals surface area (Å²) in [5.74, 6) is -1.15. The van der Waals surface area contributed by atoms with Crippen molar-refractivity contribution in [3.8, 4) is 0 Å². The highest BCUT2D eigenvalue weighted by Gasteiger charge is 2.23. The number of anilines is 1. The van der Waals surface area contributed by atoms with Crippen LogP contribution in [0.3, 0.4) is 0 Å². The number of nitrogens with one attached hydrogen (secondary N) is 1. The largest absolute Gasteiger partial charge is 0.376 e. The second kappa shape index (κ2) is 5.17. The van der Waals surface area contributed by atoms with Crippen LogP contribution in [0.15, 0.2) is 34.8 Å². The number of aryl methyl sites for hydroxylation is 2. The van der Waals surface area contributed by atoms with Crippen LogP contribution in [-0.4, -0.2) is 0 Å². The molecule has 0 aliphatic heterocycles. The molecule has 104 valence electrons. The molecular formula is C16H14BrF2N. The van der Waals surface area contributed by atoms with Crippen molar-refractivity contribution in [2.24, 2.45) is 0 Å². The summed E-state index contributed by atoms with van der Waals surface area (Å²) in [6.07, 6.45) is 1.91. The molecule has 1 N–H and O–H groups in total. The quantitative estimate of drug-likeness (QED) is 0.748. The first-order valence-corrected chi connectivity index (χ1v) is 7.34. The molecule has 0 saturated heterocycles. The van der Waals surface area contributed by atoms with Gasteiger partial charge in [0.2, 0.25) is 0 Å². The summed E-state index contributed by atoms with van der Waals surface area (Å²) in [6.45, 7) is 2.05. The van der Waals surface area contributed by atoms with Gasteiger partial charge in [0, 0.05) is 6.07 Å². The van der Waals surface area contributed by atoms with E-state index in [0.29, 0.717) is 5.69 Å². The number of hydrogen-bond donors (Lipinski definition) is 1. The minimum absolute atomic E-state index is 0.0803. The summed E-state index contributed by atoms with van der Waals surface area (Å²) in [5, 5.41) is 3.19. The van der Waals surface area contributed by atoms with Gasteiger partial charge in [-0.15, -0.1) is 0 Å². The van der Waals surface area contributed by atoms with Crippen LogP contribution in [0.1, 0.15) is 29.2 Å². The summed E-state index contributed by atoms with van der Waals surface area (Å²) < 4.78 is 27.3. The standard InChI is InChI=1S/C16H14BrF2N/c1-9-2-3-10-4-5-15(11(10)6-9)20-16-7-12(17)13(18)8-14(16)19/h2-3,6-8,15,20H,4-5H2,1H3. The van der Waals surface area contributed by atoms with Crippen molar-refractivity contribution in [3.05, 3.63) is 63.1 Å². The molecule has 2 aromatic rings. The number of fused-ring (bicyclic) bond motifs is 1. The molecule has 1 atom stereocenters. The predicted octanol–water partition coefficient (Wildman–Crippen LogP) is 5.14. The van der Waals surface area contributed by atoms with E-state index in [1.807, 2.05) is 6.92 Å². The maximum absolute atomic E-state index is 13.8. The first kappa shape index (κ1) is 13.6. The minimum atomic E-state index is -0.587. The highest BCUT2D eigenvalue weighted by molar-refractivity contribution is 9.10. The van der Waals surface area contributed by atoms with Crippen molar-refractivity contribution < 1.29 is 8.78 Å². The molecule has 1 aliphatic rings. The predicted molar refractivity (Wildman–Crippen MR) is 79.9 cm³/mol. The van der Waals surface area contributed by atoms with Gasteiger partial charge in [-0.25, -0.2) is 8.78 Å². The Hall–Kier alpha value is -1.42. The van der Waals surface area contributed by atoms with Gasteiger partial charge in [-0.05, 0) is 52.9 Å². The fourth-order valence-electron chi connectivity index (χ4n) is 2.69. The van der Waals surface area contributed by atoms with E-state index in [0.717, 1.165) is 18.9 Å². The summed E-state index contributed by atoms with van der Waals surface area (Å²) in [4.78, 5) is 0. The smallest absolute Gasteiger partial charge is 0.149 e. The molecule has 0 fully saturated rings. The maximum atomic E-state index is 13.8. The van der Waals surface area contributed by atoms with Gasteiger partial charge in [0.1, 0.15) is 11.6 Å². The minimum Gasteiger partial charge on any atom is -0.376 e. The molecule has 0 saturated carbocycles. The third-order valence-corrected chi connectivity index (χ3v) is 4.33. The lowest BCUT2D eigenvalue weighted by Gasteiger charge is -2.17. The van der Waals surface area contributed by atoms with E-state index >= 15 is 0 Å². The van der Waals surface area contributed by atoms with Gasteiger partial charge >= 0.3 is 0 Å². The van der Waals surface area contributed by atoms with Crippen molar-refractivity contribution >= 4 is 21.6 Å². The number of halogens is 3. The Balaban J connectivity index is 1.91. The van der Waals surface area contributed by atoms with Gasteiger partial charge < -0.3 is 5.32 Å². The van der Waals surface area contributed by atoms with Crippen molar-refractivity contribution in [2.75, 3.05) is 5.32 Å². The Kier molecular flexibility index (Phi) is 3.50. The van der Waals surface area contributed by atoms with E-state index < -0.39 is 11.6 Å². The molecule has 1 nitrogen and oxygen atoms in total. The zero-order chi connectivity index (χ0) is 14.3. The van der Waals surface area contributed by atoms with Crippen LogP contribution < -0.4 is 5.32 Å². The average Bonchev–Trinajstić information content (AvgIpc) is 2.78. The lowest BCUT2D eigenvalue weighted by molar-refractivity contribution is 0.578. The zero-order valence-electron chi connectivity index (χ0n) is 11.0. The molecule has 0 aromatic heterocycles. The van der Waals surface area contributed by atoms with Crippen LogP contribution in [0.25, 0.3) is 0 Å². The molecule has 0 radical (unpaired) electrons. The molecule has 3 rings (SSSR count). The van der Waals surface area contributed by atoms with Gasteiger partial charge in [0.15, 0.2) is 0 Å². The van der Waals surface area contributed by atoms with Crippen LogP contribution in [-0.2, 0) is 6.42 Å². The molecule has 0 bridgehead atoms. The van der Waals surface area contributed by atoms with Crippen LogP contribution in [0.4, 0.5) is 14.5 Å². The van der Waals surface area contributed by atoms with Gasteiger partial charge in [0.25, 0.3) is 0 Å². The highest BCUT2D eigenvalue weighted by Crippen LogP contribution is 2.35. The van der Waals surface area contributed by atoms with Crippen molar-refractivity contribution in [1.82, 2.24) is 0 Å². The van der Waals surface area contributed by atoms with Gasteiger partial charge in [-0.1, -0.05) is 23.8 Å². The van der Waals surface area contributed by atoms with E-state index in [4.69, 9.17) is 0 Å². The molecule has 4 heteroatoms. The molecule has 1 aliphatic carbocycles. The molecule has 0 amide bonds. The number of rotatable bonds is 2. The Labute approximate surface area is 125 Å². The Morgan fingerprint density at radius 1 is 1.15 bits per heavy atom. The molecule has 0 spiro atoms. The normalized spacial score (nSPS) is 17.1. The second-order valence-electron chi connectivity index (χ2n) is 5.18. The van der Waals surface area contributed by atoms with E-state index in [1.54, 1.807) is 0 Å². The summed E-state index contributed by atoms with van der Waals surface area (Å²) >= 11 is 3.09. The third-order valence-electron chi connectivity index (χ3n) is 3.72. The van der Waals surface area contributed by atoms with E-state index in [9.17, 15) is 8.78 Å². The molecule has 0 heterocycles. The highest BCUT2D eigenvalue weighted by atomic mass is 79.9. The lowest BCUT2D eigenvalue weighted by atomic mass is 10.0. The summed E-state index contributed by atoms with van der Waals surface area (Å²) in [6, 6.07) is 8.80. The summed E-state index contributed by atoms with van der Waals surface area (Å²) in [7, 11) is 0. The Morgan fingerprint density at radius 3 is 2.75 bits per heavy atom. The van der Waals surface area contributed by atoms with Gasteiger partial charge in [0.05, 0.1) is 16.2 Å². The van der Waals surface area contributed by atoms with E-state index in [-0.39, 0.29) is 10.5 Å². The fraction of sp³-hybridized carbons (Fsp3) is 0.250. The second-order valence-corrected chi connectivity index (χ2v) is 6.04. The van der Waals surface area contributed by atoms with Crippen molar-refractivity contribution in [3.63, 3.8) is 0 Å². The van der Waals surface area contributed by atoms with Gasteiger partial charge in [-0.3, -0.25) is 0 Å². The van der Waals surface area contributed by atoms with Gasteiger partial charge in [-0.2, -0.15) is 0 Å². The number of hydrogen-bond acceptors (Lipinski definition) is 1. The van der Waals surface area contributed by atoms with E-state index in [1.165, 1.54) is 22.8 Å². The lowest BCUT2D eigenvalue weighted by Crippen LogP contribution is -2.09. The van der Waals surface area contributed by atoms with Crippen LogP contribution in [0.5, 0.6) is 0 Å². The van der Waals surface area contributed by atoms with Crippen molar-refractivity contribution in [1.29, 1.82) is 0 Å². The fourth-order valence-corrected chi connectivity index (χ4v) is 3.04. The molecule has 20 heavy (non-hydrogen) atoms. The molecular weight excluding hydrogens is 324 g/mol. The van der Waals surface area contributed by atoms with Crippen LogP contribution in [0, 0.1) is 18.6 Å². The summed E-state index contributed by atoms with van der Waals surface area (Å²) in [5.41, 5.74) is 4.04. The average molecular weight is 338 g/mol. The van der Waals surface area contributed by atoms with Crippen LogP contribution in [0.2, 0.25) is 0 Å². The molecule has 1 unspecified atom stereocenters. The van der Waals surface area contributed by atoms with E-state index in [2.05, 4.69) is 39.4 Å². The Morgan fingerprint density at radius 2 is 1.95 bits per heavy atom. The van der Waals surface area contributed by atoms with Crippen molar-refractivity contribution in [2.45, 2.75) is 25.8 Å². The third kappa shape index (κ3) is 2.44. The van der Waals surface area contributed by atoms with Crippen LogP contribution >= 0.6 is 15.9 Å². The topological polar surface area (TPSA) is 12.0 Å².